The van der Waals surface area contributed by atoms with Crippen molar-refractivity contribution in [2.24, 2.45) is 0 Å². The number of aryl methyl sites for hydroxylation is 1. The van der Waals surface area contributed by atoms with Gasteiger partial charge < -0.3 is 14.5 Å². The van der Waals surface area contributed by atoms with Crippen molar-refractivity contribution in [2.75, 3.05) is 70.4 Å². The van der Waals surface area contributed by atoms with Crippen LogP contribution >= 0.6 is 0 Å². The zero-order chi connectivity index (χ0) is 22.3. The number of carbonyl (C=O) groups is 1. The van der Waals surface area contributed by atoms with E-state index in [-0.39, 0.29) is 5.91 Å². The molecule has 6 nitrogen and oxygen atoms in total. The first-order valence-electron chi connectivity index (χ1n) is 11.9. The Morgan fingerprint density at radius 1 is 0.875 bits per heavy atom. The molecule has 32 heavy (non-hydrogen) atoms. The van der Waals surface area contributed by atoms with E-state index in [9.17, 15) is 4.79 Å². The van der Waals surface area contributed by atoms with Gasteiger partial charge in [-0.25, -0.2) is 0 Å². The third-order valence-electron chi connectivity index (χ3n) is 6.45. The summed E-state index contributed by atoms with van der Waals surface area (Å²) in [6.07, 6.45) is 0. The van der Waals surface area contributed by atoms with E-state index in [0.717, 1.165) is 70.3 Å². The lowest BCUT2D eigenvalue weighted by molar-refractivity contribution is -0.134. The van der Waals surface area contributed by atoms with Gasteiger partial charge in [0.25, 0.3) is 0 Å². The Kier molecular flexibility index (Phi) is 7.66. The fourth-order valence-electron chi connectivity index (χ4n) is 4.66. The number of amides is 1. The minimum atomic E-state index is 0.267. The number of benzene rings is 2. The number of hydrogen-bond acceptors (Lipinski definition) is 5. The summed E-state index contributed by atoms with van der Waals surface area (Å²) in [5.74, 6) is 1.21. The zero-order valence-corrected chi connectivity index (χ0v) is 19.5. The lowest BCUT2D eigenvalue weighted by Gasteiger charge is -2.39. The molecular formula is C26H36N4O2. The molecule has 0 N–H and O–H groups in total. The van der Waals surface area contributed by atoms with Crippen LogP contribution in [0.2, 0.25) is 0 Å². The Labute approximate surface area is 192 Å². The summed E-state index contributed by atoms with van der Waals surface area (Å²) in [6.45, 7) is 13.5. The molecule has 0 bridgehead atoms. The van der Waals surface area contributed by atoms with Gasteiger partial charge in [-0.05, 0) is 31.5 Å². The maximum atomic E-state index is 12.9. The Balaban J connectivity index is 1.21. The number of carbonyl (C=O) groups excluding carboxylic acids is 1. The second kappa shape index (κ2) is 10.8. The molecule has 2 fully saturated rings. The predicted octanol–water partition coefficient (Wildman–Crippen LogP) is 2.86. The Bertz CT molecular complexity index is 887. The summed E-state index contributed by atoms with van der Waals surface area (Å²) >= 11 is 0. The number of ether oxygens (including phenoxy) is 1. The van der Waals surface area contributed by atoms with Gasteiger partial charge in [0.2, 0.25) is 5.91 Å². The highest BCUT2D eigenvalue weighted by Gasteiger charge is 2.25. The monoisotopic (exact) mass is 436 g/mol. The van der Waals surface area contributed by atoms with Gasteiger partial charge in [0.05, 0.1) is 18.8 Å². The van der Waals surface area contributed by atoms with Gasteiger partial charge >= 0.3 is 0 Å². The van der Waals surface area contributed by atoms with E-state index in [1.807, 2.05) is 24.0 Å². The molecule has 6 heteroatoms. The number of hydrogen-bond donors (Lipinski definition) is 0. The number of nitrogens with zero attached hydrogens (tertiary/aromatic N) is 4. The summed E-state index contributed by atoms with van der Waals surface area (Å²) in [5.41, 5.74) is 3.82. The SMILES string of the molecule is CCOc1ccccc1N1CCN(CC(=O)N2CCN(Cc3cccc(C)c3)CC2)CC1. The Morgan fingerprint density at radius 2 is 1.59 bits per heavy atom. The third-order valence-corrected chi connectivity index (χ3v) is 6.45. The van der Waals surface area contributed by atoms with Crippen LogP contribution < -0.4 is 9.64 Å². The molecule has 0 spiro atoms. The highest BCUT2D eigenvalue weighted by Crippen LogP contribution is 2.28. The molecule has 2 aliphatic heterocycles. The fourth-order valence-corrected chi connectivity index (χ4v) is 4.66. The predicted molar refractivity (Wildman–Crippen MR) is 129 cm³/mol. The molecule has 0 unspecified atom stereocenters. The van der Waals surface area contributed by atoms with Crippen LogP contribution in [0, 0.1) is 6.92 Å². The van der Waals surface area contributed by atoms with Crippen LogP contribution in [-0.4, -0.2) is 86.1 Å². The maximum absolute atomic E-state index is 12.9. The summed E-state index contributed by atoms with van der Waals surface area (Å²) < 4.78 is 5.79. The van der Waals surface area contributed by atoms with E-state index in [1.54, 1.807) is 0 Å². The van der Waals surface area contributed by atoms with Gasteiger partial charge in [0.1, 0.15) is 5.75 Å². The first-order chi connectivity index (χ1) is 15.6. The highest BCUT2D eigenvalue weighted by molar-refractivity contribution is 5.78. The molecule has 0 aromatic heterocycles. The van der Waals surface area contributed by atoms with Crippen molar-refractivity contribution in [1.29, 1.82) is 0 Å². The second-order valence-electron chi connectivity index (χ2n) is 8.81. The standard InChI is InChI=1S/C26H36N4O2/c1-3-32-25-10-5-4-9-24(25)29-15-11-28(12-16-29)21-26(31)30-17-13-27(14-18-30)20-23-8-6-7-22(2)19-23/h4-10,19H,3,11-18,20-21H2,1-2H3. The molecule has 2 aromatic rings. The first-order valence-corrected chi connectivity index (χ1v) is 11.9. The minimum Gasteiger partial charge on any atom is -0.492 e. The summed E-state index contributed by atoms with van der Waals surface area (Å²) in [6, 6.07) is 16.9. The smallest absolute Gasteiger partial charge is 0.236 e. The highest BCUT2D eigenvalue weighted by atomic mass is 16.5. The minimum absolute atomic E-state index is 0.267. The molecule has 1 amide bonds. The number of para-hydroxylation sites is 2. The molecule has 4 rings (SSSR count). The molecule has 172 valence electrons. The van der Waals surface area contributed by atoms with Crippen molar-refractivity contribution in [3.05, 3.63) is 59.7 Å². The fraction of sp³-hybridized carbons (Fsp3) is 0.500. The maximum Gasteiger partial charge on any atom is 0.236 e. The van der Waals surface area contributed by atoms with Crippen molar-refractivity contribution in [1.82, 2.24) is 14.7 Å². The molecular weight excluding hydrogens is 400 g/mol. The Hall–Kier alpha value is -2.57. The lowest BCUT2D eigenvalue weighted by Crippen LogP contribution is -2.53. The van der Waals surface area contributed by atoms with E-state index in [0.29, 0.717) is 13.2 Å². The molecule has 0 saturated carbocycles. The van der Waals surface area contributed by atoms with Crippen molar-refractivity contribution < 1.29 is 9.53 Å². The number of anilines is 1. The zero-order valence-electron chi connectivity index (χ0n) is 19.5. The molecule has 2 aromatic carbocycles. The average molecular weight is 437 g/mol. The van der Waals surface area contributed by atoms with Crippen molar-refractivity contribution in [3.63, 3.8) is 0 Å². The van der Waals surface area contributed by atoms with E-state index >= 15 is 0 Å². The molecule has 0 radical (unpaired) electrons. The van der Waals surface area contributed by atoms with E-state index in [2.05, 4.69) is 58.0 Å². The van der Waals surface area contributed by atoms with Gasteiger partial charge in [-0.3, -0.25) is 14.6 Å². The largest absolute Gasteiger partial charge is 0.492 e. The Morgan fingerprint density at radius 3 is 2.31 bits per heavy atom. The lowest BCUT2D eigenvalue weighted by atomic mass is 10.1. The quantitative estimate of drug-likeness (QED) is 0.668. The van der Waals surface area contributed by atoms with E-state index in [4.69, 9.17) is 4.74 Å². The summed E-state index contributed by atoms with van der Waals surface area (Å²) in [5, 5.41) is 0. The van der Waals surface area contributed by atoms with Crippen LogP contribution in [0.4, 0.5) is 5.69 Å². The first kappa shape index (κ1) is 22.6. The van der Waals surface area contributed by atoms with Crippen LogP contribution in [0.25, 0.3) is 0 Å². The molecule has 0 aliphatic carbocycles. The second-order valence-corrected chi connectivity index (χ2v) is 8.81. The normalized spacial score (nSPS) is 18.1. The van der Waals surface area contributed by atoms with Crippen LogP contribution in [0.3, 0.4) is 0 Å². The number of rotatable bonds is 7. The van der Waals surface area contributed by atoms with Gasteiger partial charge in [0, 0.05) is 58.9 Å². The average Bonchev–Trinajstić information content (AvgIpc) is 2.81. The van der Waals surface area contributed by atoms with Gasteiger partial charge in [-0.15, -0.1) is 0 Å². The van der Waals surface area contributed by atoms with Crippen molar-refractivity contribution in [3.8, 4) is 5.75 Å². The van der Waals surface area contributed by atoms with E-state index < -0.39 is 0 Å². The summed E-state index contributed by atoms with van der Waals surface area (Å²) in [7, 11) is 0. The van der Waals surface area contributed by atoms with Crippen LogP contribution in [0.5, 0.6) is 5.75 Å². The van der Waals surface area contributed by atoms with Gasteiger partial charge in [-0.1, -0.05) is 42.0 Å². The van der Waals surface area contributed by atoms with Crippen molar-refractivity contribution in [2.45, 2.75) is 20.4 Å². The molecule has 2 saturated heterocycles. The van der Waals surface area contributed by atoms with Crippen molar-refractivity contribution >= 4 is 11.6 Å². The molecule has 2 heterocycles. The van der Waals surface area contributed by atoms with Crippen LogP contribution in [-0.2, 0) is 11.3 Å². The number of piperazine rings is 2. The van der Waals surface area contributed by atoms with Crippen LogP contribution in [0.1, 0.15) is 18.1 Å². The van der Waals surface area contributed by atoms with E-state index in [1.165, 1.54) is 11.1 Å². The van der Waals surface area contributed by atoms with Crippen LogP contribution in [0.15, 0.2) is 48.5 Å². The van der Waals surface area contributed by atoms with Gasteiger partial charge in [-0.2, -0.15) is 0 Å². The third kappa shape index (κ3) is 5.81. The van der Waals surface area contributed by atoms with Gasteiger partial charge in [0.15, 0.2) is 0 Å². The molecule has 0 atom stereocenters. The topological polar surface area (TPSA) is 39.3 Å². The molecule has 2 aliphatic rings. The summed E-state index contributed by atoms with van der Waals surface area (Å²) in [4.78, 5) is 22.1.